The summed E-state index contributed by atoms with van der Waals surface area (Å²) >= 11 is 0. The molecule has 0 fully saturated rings. The molecule has 120 valence electrons. The Kier molecular flexibility index (Phi) is 5.30. The van der Waals surface area contributed by atoms with Gasteiger partial charge in [-0.05, 0) is 43.3 Å². The van der Waals surface area contributed by atoms with Crippen molar-refractivity contribution in [3.63, 3.8) is 0 Å². The van der Waals surface area contributed by atoms with Crippen molar-refractivity contribution in [1.29, 1.82) is 0 Å². The van der Waals surface area contributed by atoms with Gasteiger partial charge >= 0.3 is 5.97 Å². The fourth-order valence-corrected chi connectivity index (χ4v) is 1.82. The number of nitrogens with one attached hydrogen (secondary N) is 1. The lowest BCUT2D eigenvalue weighted by molar-refractivity contribution is -0.123. The van der Waals surface area contributed by atoms with Crippen molar-refractivity contribution in [2.45, 2.75) is 13.0 Å². The second-order valence-corrected chi connectivity index (χ2v) is 4.75. The number of halogens is 1. The number of benzene rings is 2. The van der Waals surface area contributed by atoms with Crippen LogP contribution >= 0.6 is 0 Å². The van der Waals surface area contributed by atoms with Crippen LogP contribution in [0.4, 0.5) is 10.1 Å². The molecular weight excluding hydrogens is 301 g/mol. The van der Waals surface area contributed by atoms with Gasteiger partial charge in [-0.25, -0.2) is 9.18 Å². The second-order valence-electron chi connectivity index (χ2n) is 4.75. The van der Waals surface area contributed by atoms with Crippen molar-refractivity contribution in [2.75, 3.05) is 12.4 Å². The Morgan fingerprint density at radius 3 is 2.35 bits per heavy atom. The average Bonchev–Trinajstić information content (AvgIpc) is 2.55. The minimum absolute atomic E-state index is 0.211. The summed E-state index contributed by atoms with van der Waals surface area (Å²) < 4.78 is 23.5. The zero-order valence-electron chi connectivity index (χ0n) is 12.7. The molecule has 6 heteroatoms. The molecule has 0 aromatic heterocycles. The van der Waals surface area contributed by atoms with Gasteiger partial charge < -0.3 is 14.8 Å². The Labute approximate surface area is 133 Å². The topological polar surface area (TPSA) is 64.6 Å². The summed E-state index contributed by atoms with van der Waals surface area (Å²) in [5, 5.41) is 2.60. The molecule has 2 rings (SSSR count). The van der Waals surface area contributed by atoms with Crippen LogP contribution in [-0.2, 0) is 9.53 Å². The predicted octanol–water partition coefficient (Wildman–Crippen LogP) is 3.02. The molecule has 0 saturated carbocycles. The lowest BCUT2D eigenvalue weighted by atomic mass is 10.2. The minimum atomic E-state index is -1.07. The maximum absolute atomic E-state index is 13.5. The average molecular weight is 317 g/mol. The van der Waals surface area contributed by atoms with Gasteiger partial charge in [0.25, 0.3) is 5.91 Å². The molecule has 0 radical (unpaired) electrons. The highest BCUT2D eigenvalue weighted by atomic mass is 19.1. The lowest BCUT2D eigenvalue weighted by Gasteiger charge is -2.14. The molecular formula is C17H16FNO4. The first-order chi connectivity index (χ1) is 11.0. The molecule has 1 N–H and O–H groups in total. The number of carbonyl (C=O) groups excluding carboxylic acids is 2. The van der Waals surface area contributed by atoms with Gasteiger partial charge in [0.2, 0.25) is 0 Å². The number of hydrogen-bond acceptors (Lipinski definition) is 4. The predicted molar refractivity (Wildman–Crippen MR) is 82.9 cm³/mol. The zero-order valence-corrected chi connectivity index (χ0v) is 12.7. The number of methoxy groups -OCH3 is 1. The van der Waals surface area contributed by atoms with Crippen molar-refractivity contribution in [3.05, 3.63) is 59.9 Å². The third kappa shape index (κ3) is 4.29. The highest BCUT2D eigenvalue weighted by Crippen LogP contribution is 2.16. The lowest BCUT2D eigenvalue weighted by Crippen LogP contribution is -2.30. The van der Waals surface area contributed by atoms with Crippen LogP contribution in [0.15, 0.2) is 48.5 Å². The summed E-state index contributed by atoms with van der Waals surface area (Å²) in [5.74, 6) is -1.44. The summed E-state index contributed by atoms with van der Waals surface area (Å²) in [4.78, 5) is 23.9. The molecule has 0 saturated heterocycles. The smallest absolute Gasteiger partial charge is 0.341 e. The fourth-order valence-electron chi connectivity index (χ4n) is 1.82. The molecule has 1 atom stereocenters. The summed E-state index contributed by atoms with van der Waals surface area (Å²) in [6.45, 7) is 1.41. The molecule has 5 nitrogen and oxygen atoms in total. The number of carbonyl (C=O) groups is 2. The van der Waals surface area contributed by atoms with E-state index in [4.69, 9.17) is 9.47 Å². The molecule has 0 aliphatic carbocycles. The van der Waals surface area contributed by atoms with E-state index in [0.29, 0.717) is 11.4 Å². The van der Waals surface area contributed by atoms with Crippen LogP contribution < -0.4 is 10.1 Å². The fraction of sp³-hybridized carbons (Fsp3) is 0.176. The van der Waals surface area contributed by atoms with Gasteiger partial charge in [-0.15, -0.1) is 0 Å². The van der Waals surface area contributed by atoms with Crippen LogP contribution in [-0.4, -0.2) is 25.1 Å². The zero-order chi connectivity index (χ0) is 16.8. The highest BCUT2D eigenvalue weighted by molar-refractivity contribution is 5.97. The first-order valence-corrected chi connectivity index (χ1v) is 6.91. The van der Waals surface area contributed by atoms with Crippen LogP contribution in [0.25, 0.3) is 0 Å². The molecule has 23 heavy (non-hydrogen) atoms. The molecule has 0 spiro atoms. The third-order valence-corrected chi connectivity index (χ3v) is 3.10. The third-order valence-electron chi connectivity index (χ3n) is 3.10. The number of rotatable bonds is 5. The highest BCUT2D eigenvalue weighted by Gasteiger charge is 2.20. The maximum Gasteiger partial charge on any atom is 0.341 e. The monoisotopic (exact) mass is 317 g/mol. The number of ether oxygens (including phenoxy) is 2. The van der Waals surface area contributed by atoms with Crippen LogP contribution in [0.5, 0.6) is 5.75 Å². The number of hydrogen-bond donors (Lipinski definition) is 1. The van der Waals surface area contributed by atoms with E-state index in [2.05, 4.69) is 5.32 Å². The van der Waals surface area contributed by atoms with E-state index < -0.39 is 23.8 Å². The van der Waals surface area contributed by atoms with Crippen LogP contribution in [0.1, 0.15) is 17.3 Å². The molecule has 2 aromatic rings. The number of esters is 1. The normalized spacial score (nSPS) is 11.4. The minimum Gasteiger partial charge on any atom is -0.497 e. The van der Waals surface area contributed by atoms with Crippen molar-refractivity contribution in [1.82, 2.24) is 0 Å². The first kappa shape index (κ1) is 16.5. The van der Waals surface area contributed by atoms with E-state index in [-0.39, 0.29) is 5.56 Å². The van der Waals surface area contributed by atoms with Crippen molar-refractivity contribution in [3.8, 4) is 5.75 Å². The Hall–Kier alpha value is -2.89. The molecule has 0 bridgehead atoms. The molecule has 0 unspecified atom stereocenters. The van der Waals surface area contributed by atoms with Gasteiger partial charge in [-0.1, -0.05) is 12.1 Å². The van der Waals surface area contributed by atoms with E-state index in [1.165, 1.54) is 32.2 Å². The Bertz CT molecular complexity index is 700. The summed E-state index contributed by atoms with van der Waals surface area (Å²) in [7, 11) is 1.54. The Morgan fingerprint density at radius 1 is 1.09 bits per heavy atom. The molecule has 0 heterocycles. The van der Waals surface area contributed by atoms with Gasteiger partial charge in [0.15, 0.2) is 6.10 Å². The van der Waals surface area contributed by atoms with E-state index >= 15 is 0 Å². The van der Waals surface area contributed by atoms with Crippen LogP contribution in [0, 0.1) is 5.82 Å². The quantitative estimate of drug-likeness (QED) is 0.861. The van der Waals surface area contributed by atoms with Crippen molar-refractivity contribution >= 4 is 17.6 Å². The summed E-state index contributed by atoms with van der Waals surface area (Å²) in [5.41, 5.74) is 0.321. The summed E-state index contributed by atoms with van der Waals surface area (Å²) in [6.07, 6.45) is -1.07. The molecule has 2 aromatic carbocycles. The second kappa shape index (κ2) is 7.40. The van der Waals surface area contributed by atoms with Crippen molar-refractivity contribution in [2.24, 2.45) is 0 Å². The first-order valence-electron chi connectivity index (χ1n) is 6.91. The van der Waals surface area contributed by atoms with Gasteiger partial charge in [0, 0.05) is 5.69 Å². The molecule has 1 amide bonds. The number of anilines is 1. The van der Waals surface area contributed by atoms with Gasteiger partial charge in [0.05, 0.1) is 12.7 Å². The van der Waals surface area contributed by atoms with E-state index in [9.17, 15) is 14.0 Å². The molecule has 0 aliphatic rings. The van der Waals surface area contributed by atoms with E-state index in [0.717, 1.165) is 6.07 Å². The molecule has 0 aliphatic heterocycles. The SMILES string of the molecule is COc1ccc(NC(=O)[C@@H](C)OC(=O)c2ccccc2F)cc1. The summed E-state index contributed by atoms with van der Waals surface area (Å²) in [6, 6.07) is 12.1. The van der Waals surface area contributed by atoms with E-state index in [1.807, 2.05) is 0 Å². The Balaban J connectivity index is 1.96. The van der Waals surface area contributed by atoms with Gasteiger partial charge in [-0.3, -0.25) is 4.79 Å². The van der Waals surface area contributed by atoms with Crippen LogP contribution in [0.2, 0.25) is 0 Å². The largest absolute Gasteiger partial charge is 0.497 e. The number of amides is 1. The maximum atomic E-state index is 13.5. The van der Waals surface area contributed by atoms with Gasteiger partial charge in [-0.2, -0.15) is 0 Å². The van der Waals surface area contributed by atoms with Gasteiger partial charge in [0.1, 0.15) is 11.6 Å². The van der Waals surface area contributed by atoms with E-state index in [1.54, 1.807) is 24.3 Å². The standard InChI is InChI=1S/C17H16FNO4/c1-11(23-17(21)14-5-3-4-6-15(14)18)16(20)19-12-7-9-13(22-2)10-8-12/h3-11H,1-2H3,(H,19,20)/t11-/m1/s1. The van der Waals surface area contributed by atoms with Crippen LogP contribution in [0.3, 0.4) is 0 Å². The van der Waals surface area contributed by atoms with Crippen molar-refractivity contribution < 1.29 is 23.5 Å². The Morgan fingerprint density at radius 2 is 1.74 bits per heavy atom.